The molecule has 3 N–H and O–H groups in total. The number of hydrogen-bond acceptors (Lipinski definition) is 3. The largest absolute Gasteiger partial charge is 0.412 e. The Balaban J connectivity index is 2.75. The van der Waals surface area contributed by atoms with Crippen LogP contribution in [-0.4, -0.2) is 11.9 Å². The van der Waals surface area contributed by atoms with Crippen molar-refractivity contribution in [3.63, 3.8) is 0 Å². The van der Waals surface area contributed by atoms with E-state index in [1.54, 1.807) is 0 Å². The van der Waals surface area contributed by atoms with E-state index >= 15 is 0 Å². The topological polar surface area (TPSA) is 71.5 Å². The quantitative estimate of drug-likeness (QED) is 0.574. The Bertz CT molecular complexity index is 368. The first-order chi connectivity index (χ1) is 7.11. The van der Waals surface area contributed by atoms with E-state index in [9.17, 15) is 0 Å². The average Bonchev–Trinajstić information content (AvgIpc) is 2.17. The van der Waals surface area contributed by atoms with E-state index in [-0.39, 0.29) is 11.9 Å². The highest BCUT2D eigenvalue weighted by Gasteiger charge is 1.96. The molecule has 0 fully saturated rings. The monoisotopic (exact) mass is 205 g/mol. The summed E-state index contributed by atoms with van der Waals surface area (Å²) in [4.78, 5) is 4.01. The Labute approximate surface area is 89.3 Å². The van der Waals surface area contributed by atoms with Crippen LogP contribution in [0.25, 0.3) is 0 Å². The van der Waals surface area contributed by atoms with Crippen LogP contribution in [0.5, 0.6) is 0 Å². The van der Waals surface area contributed by atoms with E-state index in [0.717, 1.165) is 12.1 Å². The minimum Gasteiger partial charge on any atom is -0.412 e. The molecule has 1 aromatic carbocycles. The van der Waals surface area contributed by atoms with Crippen molar-refractivity contribution in [3.8, 4) is 0 Å². The number of ether oxygens (including phenoxy) is 1. The van der Waals surface area contributed by atoms with Crippen LogP contribution < -0.4 is 5.73 Å². The van der Waals surface area contributed by atoms with Crippen LogP contribution in [0.4, 0.5) is 5.69 Å². The molecule has 0 aliphatic rings. The van der Waals surface area contributed by atoms with Gasteiger partial charge in [-0.1, -0.05) is 19.1 Å². The lowest BCUT2D eigenvalue weighted by Gasteiger charge is -2.01. The molecule has 0 saturated heterocycles. The summed E-state index contributed by atoms with van der Waals surface area (Å²) in [6, 6.07) is 7.71. The van der Waals surface area contributed by atoms with Crippen LogP contribution in [0.15, 0.2) is 29.3 Å². The Morgan fingerprint density at radius 1 is 1.40 bits per heavy atom. The van der Waals surface area contributed by atoms with E-state index in [4.69, 9.17) is 15.9 Å². The smallest absolute Gasteiger partial charge is 0.293 e. The molecule has 0 radical (unpaired) electrons. The van der Waals surface area contributed by atoms with Gasteiger partial charge < -0.3 is 10.5 Å². The number of amidine groups is 1. The summed E-state index contributed by atoms with van der Waals surface area (Å²) in [5, 5.41) is 7.07. The Hall–Kier alpha value is -1.84. The SMILES string of the molecule is CCc1ccc(N=C(N)OC(C)=N)cc1. The molecule has 0 aliphatic carbocycles. The molecule has 0 unspecified atom stereocenters. The van der Waals surface area contributed by atoms with Gasteiger partial charge in [0.15, 0.2) is 5.90 Å². The zero-order valence-corrected chi connectivity index (χ0v) is 8.95. The number of rotatable bonds is 2. The fourth-order valence-electron chi connectivity index (χ4n) is 1.11. The zero-order valence-electron chi connectivity index (χ0n) is 8.95. The number of aliphatic imine (C=N–C) groups is 1. The molecule has 0 bridgehead atoms. The molecular formula is C11H15N3O. The summed E-state index contributed by atoms with van der Waals surface area (Å²) < 4.78 is 4.82. The van der Waals surface area contributed by atoms with Crippen LogP contribution >= 0.6 is 0 Å². The fraction of sp³-hybridized carbons (Fsp3) is 0.273. The summed E-state index contributed by atoms with van der Waals surface area (Å²) in [6.07, 6.45) is 0.996. The normalized spacial score (nSPS) is 11.2. The molecule has 0 spiro atoms. The van der Waals surface area contributed by atoms with Crippen molar-refractivity contribution >= 4 is 17.6 Å². The van der Waals surface area contributed by atoms with Crippen molar-refractivity contribution in [2.75, 3.05) is 0 Å². The van der Waals surface area contributed by atoms with Gasteiger partial charge in [-0.15, -0.1) is 0 Å². The number of benzene rings is 1. The van der Waals surface area contributed by atoms with Gasteiger partial charge in [0.05, 0.1) is 5.69 Å². The summed E-state index contributed by atoms with van der Waals surface area (Å²) in [6.45, 7) is 3.59. The van der Waals surface area contributed by atoms with Gasteiger partial charge in [0.25, 0.3) is 6.02 Å². The lowest BCUT2D eigenvalue weighted by Crippen LogP contribution is -2.18. The van der Waals surface area contributed by atoms with Gasteiger partial charge in [-0.3, -0.25) is 5.41 Å². The molecule has 80 valence electrons. The zero-order chi connectivity index (χ0) is 11.3. The second kappa shape index (κ2) is 5.14. The second-order valence-corrected chi connectivity index (χ2v) is 3.13. The molecular weight excluding hydrogens is 190 g/mol. The third-order valence-corrected chi connectivity index (χ3v) is 1.84. The highest BCUT2D eigenvalue weighted by atomic mass is 16.5. The predicted molar refractivity (Wildman–Crippen MR) is 61.6 cm³/mol. The van der Waals surface area contributed by atoms with Gasteiger partial charge in [-0.05, 0) is 24.1 Å². The maximum Gasteiger partial charge on any atom is 0.293 e. The van der Waals surface area contributed by atoms with Crippen LogP contribution in [0.1, 0.15) is 19.4 Å². The second-order valence-electron chi connectivity index (χ2n) is 3.13. The van der Waals surface area contributed by atoms with Crippen LogP contribution in [0.3, 0.4) is 0 Å². The van der Waals surface area contributed by atoms with E-state index in [2.05, 4.69) is 11.9 Å². The van der Waals surface area contributed by atoms with Gasteiger partial charge in [-0.25, -0.2) is 0 Å². The Kier molecular flexibility index (Phi) is 3.85. The van der Waals surface area contributed by atoms with Crippen molar-refractivity contribution < 1.29 is 4.74 Å². The van der Waals surface area contributed by atoms with Crippen molar-refractivity contribution in [2.45, 2.75) is 20.3 Å². The van der Waals surface area contributed by atoms with Crippen LogP contribution in [0.2, 0.25) is 0 Å². The van der Waals surface area contributed by atoms with Crippen molar-refractivity contribution in [3.05, 3.63) is 29.8 Å². The standard InChI is InChI=1S/C11H15N3O/c1-3-9-4-6-10(7-5-9)14-11(13)15-8(2)12/h4-7,12H,3H2,1-2H3,(H2,13,14). The molecule has 0 saturated carbocycles. The Morgan fingerprint density at radius 2 is 2.00 bits per heavy atom. The molecule has 0 heterocycles. The van der Waals surface area contributed by atoms with Crippen molar-refractivity contribution in [1.82, 2.24) is 0 Å². The third-order valence-electron chi connectivity index (χ3n) is 1.84. The number of nitrogens with zero attached hydrogens (tertiary/aromatic N) is 1. The molecule has 0 atom stereocenters. The Morgan fingerprint density at radius 3 is 2.47 bits per heavy atom. The molecule has 0 amide bonds. The maximum absolute atomic E-state index is 7.07. The third kappa shape index (κ3) is 3.81. The summed E-state index contributed by atoms with van der Waals surface area (Å²) >= 11 is 0. The van der Waals surface area contributed by atoms with Crippen molar-refractivity contribution in [2.24, 2.45) is 10.7 Å². The highest BCUT2D eigenvalue weighted by molar-refractivity contribution is 5.87. The molecule has 0 aliphatic heterocycles. The average molecular weight is 205 g/mol. The van der Waals surface area contributed by atoms with E-state index in [1.807, 2.05) is 24.3 Å². The highest BCUT2D eigenvalue weighted by Crippen LogP contribution is 2.13. The number of hydrogen-bond donors (Lipinski definition) is 2. The lowest BCUT2D eigenvalue weighted by molar-refractivity contribution is 0.527. The first-order valence-electron chi connectivity index (χ1n) is 4.78. The van der Waals surface area contributed by atoms with Crippen molar-refractivity contribution in [1.29, 1.82) is 5.41 Å². The first-order valence-corrected chi connectivity index (χ1v) is 4.78. The summed E-state index contributed by atoms with van der Waals surface area (Å²) in [7, 11) is 0. The first kappa shape index (κ1) is 11.2. The maximum atomic E-state index is 7.07. The van der Waals surface area contributed by atoms with Gasteiger partial charge in [0, 0.05) is 6.92 Å². The van der Waals surface area contributed by atoms with Gasteiger partial charge >= 0.3 is 0 Å². The summed E-state index contributed by atoms with van der Waals surface area (Å²) in [5.41, 5.74) is 7.44. The fourth-order valence-corrected chi connectivity index (χ4v) is 1.11. The minimum atomic E-state index is -0.00764. The number of nitrogens with two attached hydrogens (primary N) is 1. The van der Waals surface area contributed by atoms with Gasteiger partial charge in [0.2, 0.25) is 0 Å². The predicted octanol–water partition coefficient (Wildman–Crippen LogP) is 2.21. The molecule has 4 nitrogen and oxygen atoms in total. The number of aryl methyl sites for hydroxylation is 1. The molecule has 0 aromatic heterocycles. The van der Waals surface area contributed by atoms with E-state index in [1.165, 1.54) is 12.5 Å². The van der Waals surface area contributed by atoms with E-state index in [0.29, 0.717) is 0 Å². The van der Waals surface area contributed by atoms with Crippen LogP contribution in [0, 0.1) is 5.41 Å². The molecule has 4 heteroatoms. The molecule has 1 rings (SSSR count). The minimum absolute atomic E-state index is 0.00764. The number of nitrogens with one attached hydrogen (secondary N) is 1. The molecule has 15 heavy (non-hydrogen) atoms. The van der Waals surface area contributed by atoms with Crippen LogP contribution in [-0.2, 0) is 11.2 Å². The lowest BCUT2D eigenvalue weighted by atomic mass is 10.2. The summed E-state index contributed by atoms with van der Waals surface area (Å²) in [5.74, 6) is 0.0291. The van der Waals surface area contributed by atoms with Gasteiger partial charge in [-0.2, -0.15) is 4.99 Å². The van der Waals surface area contributed by atoms with E-state index < -0.39 is 0 Å². The van der Waals surface area contributed by atoms with Gasteiger partial charge in [0.1, 0.15) is 0 Å². The molecule has 1 aromatic rings.